The molecule has 1 saturated heterocycles. The highest BCUT2D eigenvalue weighted by Gasteiger charge is 2.39. The van der Waals surface area contributed by atoms with Crippen LogP contribution in [0.3, 0.4) is 0 Å². The van der Waals surface area contributed by atoms with Crippen LogP contribution in [0.2, 0.25) is 0 Å². The lowest BCUT2D eigenvalue weighted by molar-refractivity contribution is 0.0274. The molecular weight excluding hydrogens is 260 g/mol. The first-order valence-corrected chi connectivity index (χ1v) is 8.36. The van der Waals surface area contributed by atoms with Crippen LogP contribution in [0, 0.1) is 5.92 Å². The summed E-state index contributed by atoms with van der Waals surface area (Å²) in [6.45, 7) is 5.33. The van der Waals surface area contributed by atoms with Gasteiger partial charge in [0.05, 0.1) is 6.61 Å². The minimum atomic E-state index is 0.473. The molecule has 1 aromatic rings. The molecule has 0 spiro atoms. The van der Waals surface area contributed by atoms with E-state index in [-0.39, 0.29) is 0 Å². The summed E-state index contributed by atoms with van der Waals surface area (Å²) in [6, 6.07) is 12.6. The summed E-state index contributed by atoms with van der Waals surface area (Å²) in [4.78, 5) is 2.69. The van der Waals surface area contributed by atoms with Crippen LogP contribution < -0.4 is 5.32 Å². The molecule has 1 saturated carbocycles. The highest BCUT2D eigenvalue weighted by atomic mass is 16.5. The first kappa shape index (κ1) is 15.0. The fourth-order valence-corrected chi connectivity index (χ4v) is 3.64. The number of ether oxygens (including phenoxy) is 1. The Morgan fingerprint density at radius 3 is 2.67 bits per heavy atom. The second-order valence-corrected chi connectivity index (χ2v) is 6.49. The van der Waals surface area contributed by atoms with Crippen LogP contribution in [0.4, 0.5) is 0 Å². The lowest BCUT2D eigenvalue weighted by atomic mass is 9.96. The van der Waals surface area contributed by atoms with Crippen LogP contribution in [-0.2, 0) is 4.74 Å². The van der Waals surface area contributed by atoms with Crippen LogP contribution in [0.5, 0.6) is 0 Å². The molecule has 2 fully saturated rings. The first-order chi connectivity index (χ1) is 10.3. The number of nitrogens with one attached hydrogen (secondary N) is 1. The predicted octanol–water partition coefficient (Wildman–Crippen LogP) is 2.84. The quantitative estimate of drug-likeness (QED) is 0.871. The van der Waals surface area contributed by atoms with Gasteiger partial charge >= 0.3 is 0 Å². The van der Waals surface area contributed by atoms with E-state index in [1.54, 1.807) is 0 Å². The molecule has 21 heavy (non-hydrogen) atoms. The Morgan fingerprint density at radius 1 is 1.29 bits per heavy atom. The van der Waals surface area contributed by atoms with Crippen LogP contribution in [0.25, 0.3) is 0 Å². The van der Waals surface area contributed by atoms with Gasteiger partial charge in [-0.1, -0.05) is 37.3 Å². The zero-order valence-corrected chi connectivity index (χ0v) is 13.3. The largest absolute Gasteiger partial charge is 0.383 e. The second-order valence-electron chi connectivity index (χ2n) is 6.49. The molecule has 1 aliphatic carbocycles. The van der Waals surface area contributed by atoms with Crippen LogP contribution >= 0.6 is 0 Å². The number of piperazine rings is 1. The Bertz CT molecular complexity index is 432. The monoisotopic (exact) mass is 288 g/mol. The molecule has 0 bridgehead atoms. The molecule has 3 unspecified atom stereocenters. The minimum absolute atomic E-state index is 0.473. The molecule has 0 aromatic heterocycles. The van der Waals surface area contributed by atoms with E-state index in [9.17, 15) is 0 Å². The molecule has 116 valence electrons. The molecule has 1 aliphatic heterocycles. The van der Waals surface area contributed by atoms with E-state index in [1.807, 2.05) is 7.11 Å². The summed E-state index contributed by atoms with van der Waals surface area (Å²) in [5, 5.41) is 3.80. The van der Waals surface area contributed by atoms with Gasteiger partial charge in [-0.25, -0.2) is 0 Å². The van der Waals surface area contributed by atoms with E-state index >= 15 is 0 Å². The Hall–Kier alpha value is -0.900. The maximum atomic E-state index is 5.48. The first-order valence-electron chi connectivity index (χ1n) is 8.36. The molecule has 3 atom stereocenters. The molecule has 0 amide bonds. The summed E-state index contributed by atoms with van der Waals surface area (Å²) in [5.41, 5.74) is 1.42. The smallest absolute Gasteiger partial charge is 0.0618 e. The Labute approximate surface area is 128 Å². The highest BCUT2D eigenvalue weighted by Crippen LogP contribution is 2.37. The third kappa shape index (κ3) is 3.47. The van der Waals surface area contributed by atoms with Crippen molar-refractivity contribution in [2.75, 3.05) is 26.8 Å². The van der Waals surface area contributed by atoms with Crippen molar-refractivity contribution in [3.05, 3.63) is 35.9 Å². The SMILES string of the molecule is CCC(COC)N1CC(C2CC2)NCC1c1ccccc1. The van der Waals surface area contributed by atoms with Crippen molar-refractivity contribution in [3.8, 4) is 0 Å². The normalized spacial score (nSPS) is 28.5. The van der Waals surface area contributed by atoms with Gasteiger partial charge < -0.3 is 10.1 Å². The van der Waals surface area contributed by atoms with E-state index in [0.29, 0.717) is 18.1 Å². The standard InChI is InChI=1S/C18H28N2O/c1-3-16(13-21-2)20-12-17(14-9-10-14)19-11-18(20)15-7-5-4-6-8-15/h4-8,14,16-19H,3,9-13H2,1-2H3. The molecule has 3 heteroatoms. The lowest BCUT2D eigenvalue weighted by Crippen LogP contribution is -2.57. The summed E-state index contributed by atoms with van der Waals surface area (Å²) in [7, 11) is 1.82. The summed E-state index contributed by atoms with van der Waals surface area (Å²) >= 11 is 0. The molecule has 0 radical (unpaired) electrons. The number of nitrogens with zero attached hydrogens (tertiary/aromatic N) is 1. The van der Waals surface area contributed by atoms with Gasteiger partial charge in [-0.3, -0.25) is 4.90 Å². The van der Waals surface area contributed by atoms with Crippen LogP contribution in [0.15, 0.2) is 30.3 Å². The highest BCUT2D eigenvalue weighted by molar-refractivity contribution is 5.21. The maximum absolute atomic E-state index is 5.48. The van der Waals surface area contributed by atoms with Crippen molar-refractivity contribution in [2.24, 2.45) is 5.92 Å². The van der Waals surface area contributed by atoms with E-state index < -0.39 is 0 Å². The molecule has 2 aliphatic rings. The second kappa shape index (κ2) is 6.91. The average Bonchev–Trinajstić information content (AvgIpc) is 3.38. The molecular formula is C18H28N2O. The summed E-state index contributed by atoms with van der Waals surface area (Å²) in [6.07, 6.45) is 3.96. The van der Waals surface area contributed by atoms with E-state index in [2.05, 4.69) is 47.5 Å². The number of rotatable bonds is 6. The molecule has 1 heterocycles. The predicted molar refractivity (Wildman–Crippen MR) is 86.4 cm³/mol. The number of hydrogen-bond acceptors (Lipinski definition) is 3. The summed E-state index contributed by atoms with van der Waals surface area (Å²) < 4.78 is 5.48. The average molecular weight is 288 g/mol. The number of hydrogen-bond donors (Lipinski definition) is 1. The molecule has 3 rings (SSSR count). The van der Waals surface area contributed by atoms with Crippen LogP contribution in [0.1, 0.15) is 37.8 Å². The third-order valence-corrected chi connectivity index (χ3v) is 5.06. The Morgan fingerprint density at radius 2 is 2.05 bits per heavy atom. The Balaban J connectivity index is 1.79. The van der Waals surface area contributed by atoms with Gasteiger partial charge in [-0.05, 0) is 30.7 Å². The topological polar surface area (TPSA) is 24.5 Å². The van der Waals surface area contributed by atoms with E-state index in [0.717, 1.165) is 32.0 Å². The van der Waals surface area contributed by atoms with Crippen molar-refractivity contribution >= 4 is 0 Å². The lowest BCUT2D eigenvalue weighted by Gasteiger charge is -2.45. The zero-order valence-electron chi connectivity index (χ0n) is 13.3. The van der Waals surface area contributed by atoms with Crippen molar-refractivity contribution in [2.45, 2.75) is 44.3 Å². The molecule has 1 aromatic carbocycles. The number of methoxy groups -OCH3 is 1. The molecule has 1 N–H and O–H groups in total. The van der Waals surface area contributed by atoms with E-state index in [1.165, 1.54) is 18.4 Å². The molecule has 3 nitrogen and oxygen atoms in total. The van der Waals surface area contributed by atoms with Gasteiger partial charge in [-0.2, -0.15) is 0 Å². The van der Waals surface area contributed by atoms with Gasteiger partial charge in [0.15, 0.2) is 0 Å². The third-order valence-electron chi connectivity index (χ3n) is 5.06. The van der Waals surface area contributed by atoms with Gasteiger partial charge in [0.25, 0.3) is 0 Å². The number of benzene rings is 1. The van der Waals surface area contributed by atoms with Crippen molar-refractivity contribution in [3.63, 3.8) is 0 Å². The Kier molecular flexibility index (Phi) is 4.94. The van der Waals surface area contributed by atoms with Crippen molar-refractivity contribution in [1.29, 1.82) is 0 Å². The maximum Gasteiger partial charge on any atom is 0.0618 e. The fourth-order valence-electron chi connectivity index (χ4n) is 3.64. The van der Waals surface area contributed by atoms with Gasteiger partial charge in [-0.15, -0.1) is 0 Å². The van der Waals surface area contributed by atoms with E-state index in [4.69, 9.17) is 4.74 Å². The summed E-state index contributed by atoms with van der Waals surface area (Å²) in [5.74, 6) is 0.907. The van der Waals surface area contributed by atoms with Crippen molar-refractivity contribution < 1.29 is 4.74 Å². The zero-order chi connectivity index (χ0) is 14.7. The minimum Gasteiger partial charge on any atom is -0.383 e. The van der Waals surface area contributed by atoms with Gasteiger partial charge in [0, 0.05) is 38.3 Å². The van der Waals surface area contributed by atoms with Gasteiger partial charge in [0.1, 0.15) is 0 Å². The van der Waals surface area contributed by atoms with Crippen LogP contribution in [-0.4, -0.2) is 43.8 Å². The van der Waals surface area contributed by atoms with Crippen molar-refractivity contribution in [1.82, 2.24) is 10.2 Å². The fraction of sp³-hybridized carbons (Fsp3) is 0.667. The van der Waals surface area contributed by atoms with Gasteiger partial charge in [0.2, 0.25) is 0 Å².